The fourth-order valence-electron chi connectivity index (χ4n) is 1.87. The molecule has 1 aliphatic rings. The first-order valence-corrected chi connectivity index (χ1v) is 8.93. The van der Waals surface area contributed by atoms with Gasteiger partial charge in [-0.15, -0.1) is 0 Å². The van der Waals surface area contributed by atoms with E-state index < -0.39 is 0 Å². The number of nitrogens with zero attached hydrogens (tertiary/aromatic N) is 2. The number of anilines is 1. The van der Waals surface area contributed by atoms with Gasteiger partial charge in [0.2, 0.25) is 5.91 Å². The number of hydrogen-bond acceptors (Lipinski definition) is 7. The molecule has 1 aromatic heterocycles. The fraction of sp³-hybridized carbons (Fsp3) is 0.0667. The number of aliphatic imine (C=N–C) groups is 1. The third-order valence-electron chi connectivity index (χ3n) is 2.88. The Morgan fingerprint density at radius 2 is 2.28 bits per heavy atom. The minimum absolute atomic E-state index is 0.0396. The van der Waals surface area contributed by atoms with Crippen molar-refractivity contribution in [2.75, 3.05) is 5.32 Å². The number of thioether (sulfide) groups is 1. The average molecular weight is 395 g/mol. The number of aromatic nitrogens is 1. The molecule has 0 bridgehead atoms. The van der Waals surface area contributed by atoms with Crippen LogP contribution in [-0.2, 0) is 9.59 Å². The van der Waals surface area contributed by atoms with E-state index in [9.17, 15) is 14.7 Å². The lowest BCUT2D eigenvalue weighted by Gasteiger charge is -2.00. The van der Waals surface area contributed by atoms with E-state index in [0.29, 0.717) is 20.9 Å². The zero-order valence-electron chi connectivity index (χ0n) is 12.7. The maximum absolute atomic E-state index is 12.1. The van der Waals surface area contributed by atoms with Crippen LogP contribution in [0.4, 0.5) is 10.8 Å². The van der Waals surface area contributed by atoms with Crippen molar-refractivity contribution < 1.29 is 14.7 Å². The van der Waals surface area contributed by atoms with Gasteiger partial charge in [-0.2, -0.15) is 0 Å². The van der Waals surface area contributed by atoms with Gasteiger partial charge in [0.15, 0.2) is 10.3 Å². The summed E-state index contributed by atoms with van der Waals surface area (Å²) in [4.78, 5) is 32.6. The highest BCUT2D eigenvalue weighted by Crippen LogP contribution is 2.33. The molecule has 3 N–H and O–H groups in total. The van der Waals surface area contributed by atoms with Gasteiger partial charge in [-0.25, -0.2) is 9.98 Å². The summed E-state index contributed by atoms with van der Waals surface area (Å²) in [6.07, 6.45) is 3.24. The predicted molar refractivity (Wildman–Crippen MR) is 100 cm³/mol. The number of thiazole rings is 1. The third kappa shape index (κ3) is 4.38. The Bertz CT molecular complexity index is 923. The molecule has 0 unspecified atom stereocenters. The van der Waals surface area contributed by atoms with E-state index in [-0.39, 0.29) is 22.6 Å². The standard InChI is InChI=1S/C15H11ClN4O3S2/c1-7(21)18-14-17-6-9(24-14)5-12-13(23)20-15(25-12)19-11-3-2-8(22)4-10(11)16/h2-6,22H,1H3,(H,17,18,21)(H,19,20,23). The summed E-state index contributed by atoms with van der Waals surface area (Å²) in [5.74, 6) is -0.451. The highest BCUT2D eigenvalue weighted by molar-refractivity contribution is 8.18. The van der Waals surface area contributed by atoms with Crippen LogP contribution in [0.15, 0.2) is 34.3 Å². The smallest absolute Gasteiger partial charge is 0.264 e. The molecule has 0 aliphatic carbocycles. The summed E-state index contributed by atoms with van der Waals surface area (Å²) in [6, 6.07) is 4.40. The number of carbonyl (C=O) groups excluding carboxylic acids is 2. The Kier molecular flexibility index (Phi) is 5.07. The van der Waals surface area contributed by atoms with Crippen LogP contribution in [0.2, 0.25) is 5.02 Å². The Balaban J connectivity index is 1.79. The topological polar surface area (TPSA) is 104 Å². The Hall–Kier alpha value is -2.36. The van der Waals surface area contributed by atoms with Crippen molar-refractivity contribution in [3.05, 3.63) is 39.2 Å². The number of amides is 2. The molecule has 0 atom stereocenters. The zero-order valence-corrected chi connectivity index (χ0v) is 15.1. The summed E-state index contributed by atoms with van der Waals surface area (Å²) in [5, 5.41) is 15.7. The van der Waals surface area contributed by atoms with Gasteiger partial charge in [-0.1, -0.05) is 22.9 Å². The Labute approximate surface area is 155 Å². The molecule has 2 amide bonds. The van der Waals surface area contributed by atoms with Gasteiger partial charge in [-0.3, -0.25) is 9.59 Å². The van der Waals surface area contributed by atoms with E-state index in [0.717, 1.165) is 4.88 Å². The quantitative estimate of drug-likeness (QED) is 0.692. The SMILES string of the molecule is CC(=O)Nc1ncc(C=C2SC(=Nc3ccc(O)cc3Cl)NC2=O)s1. The van der Waals surface area contributed by atoms with E-state index in [1.807, 2.05) is 0 Å². The van der Waals surface area contributed by atoms with Gasteiger partial charge in [0, 0.05) is 19.2 Å². The summed E-state index contributed by atoms with van der Waals surface area (Å²) >= 11 is 8.43. The molecule has 0 radical (unpaired) electrons. The van der Waals surface area contributed by atoms with Gasteiger partial charge in [0.25, 0.3) is 5.91 Å². The number of amidine groups is 1. The number of carbonyl (C=O) groups is 2. The molecule has 1 aliphatic heterocycles. The number of phenolic OH excluding ortho intramolecular Hbond substituents is 1. The molecule has 3 rings (SSSR count). The Morgan fingerprint density at radius 1 is 1.48 bits per heavy atom. The highest BCUT2D eigenvalue weighted by Gasteiger charge is 2.24. The van der Waals surface area contributed by atoms with Crippen LogP contribution in [0.5, 0.6) is 5.75 Å². The molecule has 7 nitrogen and oxygen atoms in total. The molecule has 128 valence electrons. The van der Waals surface area contributed by atoms with Crippen LogP contribution in [0.25, 0.3) is 6.08 Å². The molecule has 1 aromatic carbocycles. The minimum Gasteiger partial charge on any atom is -0.508 e. The monoisotopic (exact) mass is 394 g/mol. The number of rotatable bonds is 3. The van der Waals surface area contributed by atoms with Crippen molar-refractivity contribution in [2.45, 2.75) is 6.92 Å². The van der Waals surface area contributed by atoms with E-state index in [1.54, 1.807) is 18.3 Å². The van der Waals surface area contributed by atoms with Gasteiger partial charge in [0.05, 0.1) is 20.5 Å². The van der Waals surface area contributed by atoms with Gasteiger partial charge in [0.1, 0.15) is 5.75 Å². The van der Waals surface area contributed by atoms with Crippen LogP contribution in [0, 0.1) is 0 Å². The molecular formula is C15H11ClN4O3S2. The number of phenols is 1. The predicted octanol–water partition coefficient (Wildman–Crippen LogP) is 3.35. The second-order valence-corrected chi connectivity index (χ2v) is 7.37. The molecular weight excluding hydrogens is 384 g/mol. The maximum Gasteiger partial charge on any atom is 0.264 e. The second kappa shape index (κ2) is 7.26. The van der Waals surface area contributed by atoms with E-state index in [4.69, 9.17) is 11.6 Å². The number of hydrogen-bond donors (Lipinski definition) is 3. The lowest BCUT2D eigenvalue weighted by molar-refractivity contribution is -0.115. The van der Waals surface area contributed by atoms with Crippen LogP contribution in [-0.4, -0.2) is 27.1 Å². The number of benzene rings is 1. The first-order chi connectivity index (χ1) is 11.9. The van der Waals surface area contributed by atoms with Crippen molar-refractivity contribution in [3.8, 4) is 5.75 Å². The first-order valence-electron chi connectivity index (χ1n) is 6.92. The summed E-state index contributed by atoms with van der Waals surface area (Å²) < 4.78 is 0. The van der Waals surface area contributed by atoms with Crippen molar-refractivity contribution in [2.24, 2.45) is 4.99 Å². The summed E-state index contributed by atoms with van der Waals surface area (Å²) in [6.45, 7) is 1.40. The zero-order chi connectivity index (χ0) is 18.0. The number of nitrogens with one attached hydrogen (secondary N) is 2. The molecule has 0 saturated carbocycles. The van der Waals surface area contributed by atoms with Crippen molar-refractivity contribution in [1.82, 2.24) is 10.3 Å². The third-order valence-corrected chi connectivity index (χ3v) is 4.96. The maximum atomic E-state index is 12.1. The van der Waals surface area contributed by atoms with Crippen LogP contribution < -0.4 is 10.6 Å². The highest BCUT2D eigenvalue weighted by atomic mass is 35.5. The fourth-order valence-corrected chi connectivity index (χ4v) is 3.79. The average Bonchev–Trinajstić information content (AvgIpc) is 3.09. The van der Waals surface area contributed by atoms with Crippen molar-refractivity contribution in [3.63, 3.8) is 0 Å². The van der Waals surface area contributed by atoms with Crippen LogP contribution >= 0.6 is 34.7 Å². The normalized spacial score (nSPS) is 17.1. The van der Waals surface area contributed by atoms with Gasteiger partial charge >= 0.3 is 0 Å². The van der Waals surface area contributed by atoms with Gasteiger partial charge < -0.3 is 15.7 Å². The first kappa shape index (κ1) is 17.5. The molecule has 10 heteroatoms. The lowest BCUT2D eigenvalue weighted by atomic mass is 10.3. The number of aromatic hydroxyl groups is 1. The van der Waals surface area contributed by atoms with Crippen molar-refractivity contribution >= 4 is 68.6 Å². The number of halogens is 1. The largest absolute Gasteiger partial charge is 0.508 e. The lowest BCUT2D eigenvalue weighted by Crippen LogP contribution is -2.19. The molecule has 2 heterocycles. The van der Waals surface area contributed by atoms with E-state index in [1.165, 1.54) is 42.2 Å². The van der Waals surface area contributed by atoms with Crippen molar-refractivity contribution in [1.29, 1.82) is 0 Å². The molecule has 0 spiro atoms. The molecule has 1 fully saturated rings. The second-order valence-electron chi connectivity index (χ2n) is 4.87. The molecule has 2 aromatic rings. The summed E-state index contributed by atoms with van der Waals surface area (Å²) in [5.41, 5.74) is 0.439. The Morgan fingerprint density at radius 3 is 3.00 bits per heavy atom. The summed E-state index contributed by atoms with van der Waals surface area (Å²) in [7, 11) is 0. The van der Waals surface area contributed by atoms with E-state index in [2.05, 4.69) is 20.6 Å². The minimum atomic E-state index is -0.284. The molecule has 1 saturated heterocycles. The van der Waals surface area contributed by atoms with E-state index >= 15 is 0 Å². The van der Waals surface area contributed by atoms with Crippen LogP contribution in [0.3, 0.4) is 0 Å². The van der Waals surface area contributed by atoms with Crippen LogP contribution in [0.1, 0.15) is 11.8 Å². The molecule has 25 heavy (non-hydrogen) atoms. The van der Waals surface area contributed by atoms with Gasteiger partial charge in [-0.05, 0) is 30.0 Å².